The normalized spacial score (nSPS) is 17.6. The van der Waals surface area contributed by atoms with Gasteiger partial charge in [0.15, 0.2) is 0 Å². The highest BCUT2D eigenvalue weighted by molar-refractivity contribution is 7.89. The Morgan fingerprint density at radius 3 is 2.43 bits per heavy atom. The molecule has 0 aliphatic heterocycles. The summed E-state index contributed by atoms with van der Waals surface area (Å²) in [5, 5.41) is 4.57. The first-order chi connectivity index (χ1) is 14.1. The molecule has 0 radical (unpaired) electrons. The van der Waals surface area contributed by atoms with Crippen LogP contribution in [0.1, 0.15) is 49.1 Å². The molecule has 0 N–H and O–H groups in total. The SMILES string of the molecule is Cn1nc(CN(C2CCCC2)S(=O)(=O)c2ccc(OC(F)(F)F)cc2)c2c1CCC2. The minimum Gasteiger partial charge on any atom is -0.406 e. The molecule has 0 bridgehead atoms. The Labute approximate surface area is 173 Å². The third kappa shape index (κ3) is 4.20. The van der Waals surface area contributed by atoms with Crippen LogP contribution in [0.2, 0.25) is 0 Å². The molecular formula is C20H24F3N3O3S. The fourth-order valence-electron chi connectivity index (χ4n) is 4.52. The zero-order valence-electron chi connectivity index (χ0n) is 16.7. The van der Waals surface area contributed by atoms with Crippen LogP contribution in [0.5, 0.6) is 5.75 Å². The van der Waals surface area contributed by atoms with Crippen molar-refractivity contribution in [2.45, 2.75) is 68.8 Å². The van der Waals surface area contributed by atoms with Crippen molar-refractivity contribution in [1.29, 1.82) is 0 Å². The summed E-state index contributed by atoms with van der Waals surface area (Å²) in [7, 11) is -2.03. The molecule has 0 amide bonds. The second-order valence-corrected chi connectivity index (χ2v) is 9.75. The topological polar surface area (TPSA) is 64.4 Å². The van der Waals surface area contributed by atoms with Gasteiger partial charge in [0.1, 0.15) is 5.75 Å². The number of alkyl halides is 3. The molecule has 1 fully saturated rings. The summed E-state index contributed by atoms with van der Waals surface area (Å²) < 4.78 is 71.3. The average Bonchev–Trinajstić information content (AvgIpc) is 3.39. The number of aryl methyl sites for hydroxylation is 1. The molecular weight excluding hydrogens is 419 g/mol. The first-order valence-electron chi connectivity index (χ1n) is 10.1. The minimum absolute atomic E-state index is 0.0449. The Kier molecular flexibility index (Phi) is 5.56. The molecule has 164 valence electrons. The molecule has 1 aromatic carbocycles. The monoisotopic (exact) mass is 443 g/mol. The largest absolute Gasteiger partial charge is 0.573 e. The predicted octanol–water partition coefficient (Wildman–Crippen LogP) is 3.94. The smallest absolute Gasteiger partial charge is 0.406 e. The maximum Gasteiger partial charge on any atom is 0.573 e. The summed E-state index contributed by atoms with van der Waals surface area (Å²) >= 11 is 0. The first-order valence-corrected chi connectivity index (χ1v) is 11.5. The lowest BCUT2D eigenvalue weighted by molar-refractivity contribution is -0.274. The van der Waals surface area contributed by atoms with E-state index < -0.39 is 22.1 Å². The first kappa shape index (κ1) is 21.2. The number of hydrogen-bond acceptors (Lipinski definition) is 4. The van der Waals surface area contributed by atoms with Crippen molar-refractivity contribution in [3.8, 4) is 5.75 Å². The fraction of sp³-hybridized carbons (Fsp3) is 0.550. The highest BCUT2D eigenvalue weighted by Gasteiger charge is 2.36. The van der Waals surface area contributed by atoms with E-state index in [1.807, 2.05) is 11.7 Å². The van der Waals surface area contributed by atoms with Crippen LogP contribution in [-0.2, 0) is 36.5 Å². The molecule has 10 heteroatoms. The molecule has 0 spiro atoms. The van der Waals surface area contributed by atoms with Crippen LogP contribution in [0, 0.1) is 0 Å². The molecule has 1 heterocycles. The number of hydrogen-bond donors (Lipinski definition) is 0. The van der Waals surface area contributed by atoms with Crippen molar-refractivity contribution in [2.24, 2.45) is 7.05 Å². The summed E-state index contributed by atoms with van der Waals surface area (Å²) in [6, 6.07) is 4.26. The lowest BCUT2D eigenvalue weighted by atomic mass is 10.2. The fourth-order valence-corrected chi connectivity index (χ4v) is 6.17. The van der Waals surface area contributed by atoms with Gasteiger partial charge in [0.2, 0.25) is 10.0 Å². The van der Waals surface area contributed by atoms with E-state index in [0.29, 0.717) is 0 Å². The number of halogens is 3. The Balaban J connectivity index is 1.64. The quantitative estimate of drug-likeness (QED) is 0.679. The molecule has 1 aromatic heterocycles. The molecule has 2 aliphatic carbocycles. The van der Waals surface area contributed by atoms with E-state index in [9.17, 15) is 21.6 Å². The van der Waals surface area contributed by atoms with Gasteiger partial charge in [0, 0.05) is 18.8 Å². The van der Waals surface area contributed by atoms with Gasteiger partial charge in [-0.25, -0.2) is 8.42 Å². The van der Waals surface area contributed by atoms with E-state index in [-0.39, 0.29) is 17.5 Å². The van der Waals surface area contributed by atoms with E-state index >= 15 is 0 Å². The van der Waals surface area contributed by atoms with Gasteiger partial charge in [0.25, 0.3) is 0 Å². The van der Waals surface area contributed by atoms with Gasteiger partial charge in [-0.15, -0.1) is 13.2 Å². The van der Waals surface area contributed by atoms with Crippen molar-refractivity contribution in [3.63, 3.8) is 0 Å². The van der Waals surface area contributed by atoms with Gasteiger partial charge in [-0.1, -0.05) is 12.8 Å². The number of rotatable bonds is 6. The molecule has 0 unspecified atom stereocenters. The molecule has 4 rings (SSSR count). The Morgan fingerprint density at radius 1 is 1.13 bits per heavy atom. The number of benzene rings is 1. The summed E-state index contributed by atoms with van der Waals surface area (Å²) in [4.78, 5) is -0.0449. The van der Waals surface area contributed by atoms with Crippen molar-refractivity contribution in [3.05, 3.63) is 41.2 Å². The maximum absolute atomic E-state index is 13.5. The number of sulfonamides is 1. The van der Waals surface area contributed by atoms with E-state index in [2.05, 4.69) is 9.84 Å². The van der Waals surface area contributed by atoms with E-state index in [0.717, 1.165) is 74.0 Å². The van der Waals surface area contributed by atoms with Gasteiger partial charge in [-0.2, -0.15) is 9.40 Å². The summed E-state index contributed by atoms with van der Waals surface area (Å²) in [6.45, 7) is 0.178. The summed E-state index contributed by atoms with van der Waals surface area (Å²) in [5.41, 5.74) is 3.06. The van der Waals surface area contributed by atoms with Gasteiger partial charge in [-0.3, -0.25) is 4.68 Å². The van der Waals surface area contributed by atoms with Crippen LogP contribution in [0.15, 0.2) is 29.2 Å². The Morgan fingerprint density at radius 2 is 1.80 bits per heavy atom. The van der Waals surface area contributed by atoms with Gasteiger partial charge < -0.3 is 4.74 Å². The van der Waals surface area contributed by atoms with Crippen LogP contribution in [0.4, 0.5) is 13.2 Å². The average molecular weight is 443 g/mol. The van der Waals surface area contributed by atoms with E-state index in [4.69, 9.17) is 0 Å². The van der Waals surface area contributed by atoms with Crippen LogP contribution in [0.25, 0.3) is 0 Å². The molecule has 0 atom stereocenters. The number of ether oxygens (including phenoxy) is 1. The van der Waals surface area contributed by atoms with Gasteiger partial charge in [-0.05, 0) is 61.9 Å². The highest BCUT2D eigenvalue weighted by atomic mass is 32.2. The standard InChI is InChI=1S/C20H24F3N3O3S/c1-25-19-8-4-7-17(19)18(24-25)13-26(14-5-2-3-6-14)30(27,28)16-11-9-15(10-12-16)29-20(21,22)23/h9-12,14H,2-8,13H2,1H3. The number of nitrogens with zero attached hydrogens (tertiary/aromatic N) is 3. The van der Waals surface area contributed by atoms with Crippen LogP contribution < -0.4 is 4.74 Å². The zero-order chi connectivity index (χ0) is 21.5. The molecule has 2 aromatic rings. The lowest BCUT2D eigenvalue weighted by Gasteiger charge is -2.28. The highest BCUT2D eigenvalue weighted by Crippen LogP contribution is 2.33. The zero-order valence-corrected chi connectivity index (χ0v) is 17.5. The summed E-state index contributed by atoms with van der Waals surface area (Å²) in [5.74, 6) is -0.448. The second kappa shape index (κ2) is 7.88. The maximum atomic E-state index is 13.5. The Bertz CT molecular complexity index is 1010. The van der Waals surface area contributed by atoms with Crippen molar-refractivity contribution in [1.82, 2.24) is 14.1 Å². The summed E-state index contributed by atoms with van der Waals surface area (Å²) in [6.07, 6.45) is 1.48. The number of aromatic nitrogens is 2. The Hall–Kier alpha value is -2.07. The molecule has 30 heavy (non-hydrogen) atoms. The predicted molar refractivity (Wildman–Crippen MR) is 103 cm³/mol. The van der Waals surface area contributed by atoms with Crippen molar-refractivity contribution in [2.75, 3.05) is 0 Å². The minimum atomic E-state index is -4.82. The van der Waals surface area contributed by atoms with Gasteiger partial charge >= 0.3 is 6.36 Å². The third-order valence-electron chi connectivity index (χ3n) is 5.90. The molecule has 1 saturated carbocycles. The van der Waals surface area contributed by atoms with Crippen molar-refractivity contribution >= 4 is 10.0 Å². The van der Waals surface area contributed by atoms with Crippen LogP contribution in [0.3, 0.4) is 0 Å². The second-order valence-electron chi connectivity index (χ2n) is 7.86. The lowest BCUT2D eigenvalue weighted by Crippen LogP contribution is -2.38. The molecule has 2 aliphatic rings. The van der Waals surface area contributed by atoms with Crippen molar-refractivity contribution < 1.29 is 26.3 Å². The van der Waals surface area contributed by atoms with Crippen LogP contribution in [-0.4, -0.2) is 34.9 Å². The molecule has 0 saturated heterocycles. The van der Waals surface area contributed by atoms with E-state index in [1.165, 1.54) is 16.4 Å². The molecule has 6 nitrogen and oxygen atoms in total. The van der Waals surface area contributed by atoms with Gasteiger partial charge in [0.05, 0.1) is 17.1 Å². The van der Waals surface area contributed by atoms with E-state index in [1.54, 1.807) is 0 Å². The van der Waals surface area contributed by atoms with Crippen LogP contribution >= 0.6 is 0 Å². The third-order valence-corrected chi connectivity index (χ3v) is 7.81. The number of fused-ring (bicyclic) bond motifs is 1.